The molecule has 0 fully saturated rings. The first-order valence-electron chi connectivity index (χ1n) is 5.96. The van der Waals surface area contributed by atoms with Crippen LogP contribution in [0.3, 0.4) is 0 Å². The van der Waals surface area contributed by atoms with Crippen molar-refractivity contribution in [1.82, 2.24) is 4.98 Å². The van der Waals surface area contributed by atoms with Gasteiger partial charge < -0.3 is 5.11 Å². The summed E-state index contributed by atoms with van der Waals surface area (Å²) in [5, 5.41) is 18.5. The highest BCUT2D eigenvalue weighted by atomic mass is 32.2. The Morgan fingerprint density at radius 1 is 1.30 bits per heavy atom. The third-order valence-electron chi connectivity index (χ3n) is 2.70. The molecule has 20 heavy (non-hydrogen) atoms. The smallest absolute Gasteiger partial charge is 0.307 e. The molecule has 0 saturated heterocycles. The Morgan fingerprint density at radius 3 is 2.75 bits per heavy atom. The van der Waals surface area contributed by atoms with Gasteiger partial charge in [-0.2, -0.15) is 5.26 Å². The summed E-state index contributed by atoms with van der Waals surface area (Å²) in [5.74, 6) is -0.210. The van der Waals surface area contributed by atoms with Gasteiger partial charge in [-0.1, -0.05) is 24.3 Å². The van der Waals surface area contributed by atoms with Gasteiger partial charge in [0.25, 0.3) is 0 Å². The summed E-state index contributed by atoms with van der Waals surface area (Å²) in [6.07, 6.45) is 1.62. The van der Waals surface area contributed by atoms with Crippen LogP contribution in [0.5, 0.6) is 0 Å². The zero-order chi connectivity index (χ0) is 14.4. The molecule has 2 aromatic rings. The van der Waals surface area contributed by atoms with Crippen LogP contribution in [0.2, 0.25) is 0 Å². The minimum atomic E-state index is -0.841. The molecule has 1 aromatic carbocycles. The summed E-state index contributed by atoms with van der Waals surface area (Å²) in [6.45, 7) is 0. The molecular formula is C15H12N2O2S. The number of benzene rings is 1. The predicted octanol–water partition coefficient (Wildman–Crippen LogP) is 2.87. The van der Waals surface area contributed by atoms with E-state index in [0.29, 0.717) is 11.3 Å². The molecule has 0 amide bonds. The quantitative estimate of drug-likeness (QED) is 0.854. The summed E-state index contributed by atoms with van der Waals surface area (Å²) < 4.78 is 0. The van der Waals surface area contributed by atoms with E-state index in [4.69, 9.17) is 10.4 Å². The SMILES string of the molecule is N#Cc1ccnc(SCc2ccccc2CC(=O)O)c1. The van der Waals surface area contributed by atoms with Crippen molar-refractivity contribution in [2.24, 2.45) is 0 Å². The number of hydrogen-bond donors (Lipinski definition) is 1. The van der Waals surface area contributed by atoms with Crippen molar-refractivity contribution < 1.29 is 9.90 Å². The third kappa shape index (κ3) is 3.84. The minimum absolute atomic E-state index is 0.0163. The van der Waals surface area contributed by atoms with E-state index >= 15 is 0 Å². The number of carbonyl (C=O) groups is 1. The van der Waals surface area contributed by atoms with Crippen LogP contribution in [0.25, 0.3) is 0 Å². The van der Waals surface area contributed by atoms with Crippen LogP contribution in [0.15, 0.2) is 47.6 Å². The maximum atomic E-state index is 10.8. The van der Waals surface area contributed by atoms with Crippen LogP contribution >= 0.6 is 11.8 Å². The predicted molar refractivity (Wildman–Crippen MR) is 76.3 cm³/mol. The lowest BCUT2D eigenvalue weighted by Crippen LogP contribution is -2.02. The van der Waals surface area contributed by atoms with Crippen LogP contribution in [0.4, 0.5) is 0 Å². The number of aromatic nitrogens is 1. The Bertz CT molecular complexity index is 665. The number of carboxylic acids is 1. The van der Waals surface area contributed by atoms with Crippen LogP contribution in [0, 0.1) is 11.3 Å². The number of aliphatic carboxylic acids is 1. The van der Waals surface area contributed by atoms with Crippen molar-refractivity contribution in [3.8, 4) is 6.07 Å². The van der Waals surface area contributed by atoms with Gasteiger partial charge in [0.05, 0.1) is 23.1 Å². The third-order valence-corrected chi connectivity index (χ3v) is 3.67. The molecule has 0 aliphatic rings. The lowest BCUT2D eigenvalue weighted by molar-refractivity contribution is -0.136. The molecule has 0 aliphatic carbocycles. The van der Waals surface area contributed by atoms with Gasteiger partial charge in [-0.25, -0.2) is 4.98 Å². The fourth-order valence-electron chi connectivity index (χ4n) is 1.74. The fraction of sp³-hybridized carbons (Fsp3) is 0.133. The van der Waals surface area contributed by atoms with Crippen molar-refractivity contribution in [3.05, 3.63) is 59.3 Å². The van der Waals surface area contributed by atoms with E-state index in [9.17, 15) is 4.79 Å². The van der Waals surface area contributed by atoms with Crippen LogP contribution < -0.4 is 0 Å². The second-order valence-corrected chi connectivity index (χ2v) is 5.12. The first-order chi connectivity index (χ1) is 9.69. The fourth-order valence-corrected chi connectivity index (χ4v) is 2.67. The van der Waals surface area contributed by atoms with Crippen molar-refractivity contribution in [2.75, 3.05) is 0 Å². The number of rotatable bonds is 5. The highest BCUT2D eigenvalue weighted by molar-refractivity contribution is 7.98. The van der Waals surface area contributed by atoms with Gasteiger partial charge in [0.1, 0.15) is 0 Å². The molecule has 4 nitrogen and oxygen atoms in total. The van der Waals surface area contributed by atoms with E-state index in [0.717, 1.165) is 16.2 Å². The molecule has 1 heterocycles. The van der Waals surface area contributed by atoms with E-state index in [1.165, 1.54) is 11.8 Å². The summed E-state index contributed by atoms with van der Waals surface area (Å²) in [5.41, 5.74) is 2.36. The molecule has 100 valence electrons. The molecule has 1 aromatic heterocycles. The van der Waals surface area contributed by atoms with Gasteiger partial charge in [0, 0.05) is 11.9 Å². The van der Waals surface area contributed by atoms with E-state index < -0.39 is 5.97 Å². The molecule has 0 unspecified atom stereocenters. The summed E-state index contributed by atoms with van der Waals surface area (Å²) >= 11 is 1.49. The highest BCUT2D eigenvalue weighted by Crippen LogP contribution is 2.23. The molecule has 0 bridgehead atoms. The molecule has 1 N–H and O–H groups in total. The highest BCUT2D eigenvalue weighted by Gasteiger charge is 2.07. The monoisotopic (exact) mass is 284 g/mol. The number of nitriles is 1. The van der Waals surface area contributed by atoms with E-state index in [-0.39, 0.29) is 6.42 Å². The normalized spacial score (nSPS) is 9.95. The Hall–Kier alpha value is -2.32. The lowest BCUT2D eigenvalue weighted by atomic mass is 10.1. The second kappa shape index (κ2) is 6.73. The molecule has 0 radical (unpaired) electrons. The zero-order valence-electron chi connectivity index (χ0n) is 10.6. The Morgan fingerprint density at radius 2 is 2.05 bits per heavy atom. The van der Waals surface area contributed by atoms with Crippen LogP contribution in [-0.2, 0) is 17.0 Å². The number of pyridine rings is 1. The van der Waals surface area contributed by atoms with Crippen molar-refractivity contribution in [2.45, 2.75) is 17.2 Å². The van der Waals surface area contributed by atoms with Gasteiger partial charge in [0.2, 0.25) is 0 Å². The average Bonchev–Trinajstić information content (AvgIpc) is 2.46. The van der Waals surface area contributed by atoms with E-state index in [1.54, 1.807) is 18.3 Å². The Labute approximate surface area is 121 Å². The summed E-state index contributed by atoms with van der Waals surface area (Å²) in [7, 11) is 0. The first kappa shape index (κ1) is 14.1. The van der Waals surface area contributed by atoms with Gasteiger partial charge in [0.15, 0.2) is 0 Å². The molecule has 0 spiro atoms. The van der Waals surface area contributed by atoms with Gasteiger partial charge in [-0.15, -0.1) is 11.8 Å². The van der Waals surface area contributed by atoms with E-state index in [1.807, 2.05) is 24.3 Å². The second-order valence-electron chi connectivity index (χ2n) is 4.12. The average molecular weight is 284 g/mol. The maximum absolute atomic E-state index is 10.8. The number of thioether (sulfide) groups is 1. The molecule has 0 atom stereocenters. The number of hydrogen-bond acceptors (Lipinski definition) is 4. The lowest BCUT2D eigenvalue weighted by Gasteiger charge is -2.07. The standard InChI is InChI=1S/C15H12N2O2S/c16-9-11-5-6-17-14(7-11)20-10-13-4-2-1-3-12(13)8-15(18)19/h1-7H,8,10H2,(H,18,19). The molecular weight excluding hydrogens is 272 g/mol. The van der Waals surface area contributed by atoms with Crippen molar-refractivity contribution in [1.29, 1.82) is 5.26 Å². The minimum Gasteiger partial charge on any atom is -0.481 e. The molecule has 0 saturated carbocycles. The Balaban J connectivity index is 2.10. The van der Waals surface area contributed by atoms with Gasteiger partial charge in [-0.05, 0) is 23.3 Å². The largest absolute Gasteiger partial charge is 0.481 e. The number of carboxylic acid groups (broad SMARTS) is 1. The summed E-state index contributed by atoms with van der Waals surface area (Å²) in [4.78, 5) is 15.0. The van der Waals surface area contributed by atoms with E-state index in [2.05, 4.69) is 11.1 Å². The molecule has 2 rings (SSSR count). The number of nitrogens with zero attached hydrogens (tertiary/aromatic N) is 2. The van der Waals surface area contributed by atoms with Crippen molar-refractivity contribution >= 4 is 17.7 Å². The topological polar surface area (TPSA) is 74.0 Å². The van der Waals surface area contributed by atoms with Crippen molar-refractivity contribution in [3.63, 3.8) is 0 Å². The molecule has 0 aliphatic heterocycles. The zero-order valence-corrected chi connectivity index (χ0v) is 11.4. The van der Waals surface area contributed by atoms with Gasteiger partial charge >= 0.3 is 5.97 Å². The molecule has 5 heteroatoms. The summed E-state index contributed by atoms with van der Waals surface area (Å²) in [6, 6.07) is 12.9. The van der Waals surface area contributed by atoms with Crippen LogP contribution in [-0.4, -0.2) is 16.1 Å². The Kier molecular flexibility index (Phi) is 4.75. The first-order valence-corrected chi connectivity index (χ1v) is 6.95. The van der Waals surface area contributed by atoms with Crippen LogP contribution in [0.1, 0.15) is 16.7 Å². The van der Waals surface area contributed by atoms with Gasteiger partial charge in [-0.3, -0.25) is 4.79 Å². The maximum Gasteiger partial charge on any atom is 0.307 e.